The van der Waals surface area contributed by atoms with Crippen LogP contribution in [0.25, 0.3) is 10.8 Å². The van der Waals surface area contributed by atoms with Crippen LogP contribution < -0.4 is 10.9 Å². The van der Waals surface area contributed by atoms with E-state index in [0.717, 1.165) is 10.8 Å². The molecule has 3 aromatic rings. The largest absolute Gasteiger partial charge is 0.320 e. The van der Waals surface area contributed by atoms with Gasteiger partial charge in [0.2, 0.25) is 0 Å². The highest BCUT2D eigenvalue weighted by atomic mass is 16.2. The van der Waals surface area contributed by atoms with Gasteiger partial charge in [0.05, 0.1) is 0 Å². The Labute approximate surface area is 113 Å². The van der Waals surface area contributed by atoms with Gasteiger partial charge < -0.3 is 5.32 Å². The highest BCUT2D eigenvalue weighted by Gasteiger charge is 2.09. The van der Waals surface area contributed by atoms with E-state index < -0.39 is 0 Å². The minimum atomic E-state index is -0.384. The monoisotopic (exact) mass is 266 g/mol. The van der Waals surface area contributed by atoms with E-state index in [-0.39, 0.29) is 17.2 Å². The van der Waals surface area contributed by atoms with E-state index in [1.807, 2.05) is 18.2 Å². The fraction of sp³-hybridized carbons (Fsp3) is 0. The van der Waals surface area contributed by atoms with E-state index in [2.05, 4.69) is 20.5 Å². The fourth-order valence-electron chi connectivity index (χ4n) is 1.89. The molecule has 2 N–H and O–H groups in total. The first kappa shape index (κ1) is 12.0. The zero-order valence-electron chi connectivity index (χ0n) is 10.3. The van der Waals surface area contributed by atoms with Crippen molar-refractivity contribution in [2.45, 2.75) is 0 Å². The van der Waals surface area contributed by atoms with Crippen molar-refractivity contribution in [1.82, 2.24) is 15.2 Å². The summed E-state index contributed by atoms with van der Waals surface area (Å²) < 4.78 is 0. The number of nitrogens with zero attached hydrogens (tertiary/aromatic N) is 2. The quantitative estimate of drug-likeness (QED) is 0.737. The predicted molar refractivity (Wildman–Crippen MR) is 74.6 cm³/mol. The molecule has 1 aromatic carbocycles. The Kier molecular flexibility index (Phi) is 2.96. The van der Waals surface area contributed by atoms with Crippen molar-refractivity contribution in [2.75, 3.05) is 5.32 Å². The van der Waals surface area contributed by atoms with Crippen LogP contribution in [0.3, 0.4) is 0 Å². The first-order valence-corrected chi connectivity index (χ1v) is 5.94. The minimum Gasteiger partial charge on any atom is -0.320 e. The molecule has 1 amide bonds. The zero-order chi connectivity index (χ0) is 13.9. The summed E-state index contributed by atoms with van der Waals surface area (Å²) in [6, 6.07) is 10.0. The van der Waals surface area contributed by atoms with Gasteiger partial charge in [-0.1, -0.05) is 12.1 Å². The first-order chi connectivity index (χ1) is 9.74. The van der Waals surface area contributed by atoms with Gasteiger partial charge in [-0.05, 0) is 18.2 Å². The minimum absolute atomic E-state index is 0.149. The number of aromatic amines is 1. The lowest BCUT2D eigenvalue weighted by atomic mass is 10.1. The summed E-state index contributed by atoms with van der Waals surface area (Å²) in [7, 11) is 0. The summed E-state index contributed by atoms with van der Waals surface area (Å²) in [6.07, 6.45) is 3.39. The van der Waals surface area contributed by atoms with E-state index in [1.54, 1.807) is 18.5 Å². The van der Waals surface area contributed by atoms with E-state index in [1.165, 1.54) is 12.1 Å². The molecule has 0 aliphatic carbocycles. The van der Waals surface area contributed by atoms with Crippen molar-refractivity contribution >= 4 is 22.4 Å². The fourth-order valence-corrected chi connectivity index (χ4v) is 1.89. The summed E-state index contributed by atoms with van der Waals surface area (Å²) in [4.78, 5) is 27.0. The number of hydrogen-bond donors (Lipinski definition) is 2. The maximum absolute atomic E-state index is 12.1. The molecule has 20 heavy (non-hydrogen) atoms. The van der Waals surface area contributed by atoms with Crippen LogP contribution in [0.2, 0.25) is 0 Å². The van der Waals surface area contributed by atoms with Gasteiger partial charge in [-0.3, -0.25) is 14.6 Å². The number of pyridine rings is 1. The Bertz CT molecular complexity index is 816. The summed E-state index contributed by atoms with van der Waals surface area (Å²) in [5.74, 6) is -0.384. The molecule has 6 heteroatoms. The van der Waals surface area contributed by atoms with E-state index in [0.29, 0.717) is 5.69 Å². The number of carbonyl (C=O) groups is 1. The van der Waals surface area contributed by atoms with Crippen molar-refractivity contribution in [3.63, 3.8) is 0 Å². The molecule has 0 saturated carbocycles. The molecule has 2 heterocycles. The van der Waals surface area contributed by atoms with E-state index >= 15 is 0 Å². The second-order valence-electron chi connectivity index (χ2n) is 4.16. The highest BCUT2D eigenvalue weighted by molar-refractivity contribution is 6.07. The summed E-state index contributed by atoms with van der Waals surface area (Å²) in [6.45, 7) is 0. The summed E-state index contributed by atoms with van der Waals surface area (Å²) in [5.41, 5.74) is 0.469. The maximum atomic E-state index is 12.1. The van der Waals surface area contributed by atoms with Crippen LogP contribution in [-0.2, 0) is 0 Å². The third-order valence-electron chi connectivity index (χ3n) is 2.84. The number of hydrogen-bond acceptors (Lipinski definition) is 4. The smallest absolute Gasteiger partial charge is 0.276 e. The molecular formula is C14H10N4O2. The molecular weight excluding hydrogens is 256 g/mol. The number of anilines is 1. The molecule has 0 bridgehead atoms. The average Bonchev–Trinajstić information content (AvgIpc) is 2.48. The molecule has 98 valence electrons. The maximum Gasteiger partial charge on any atom is 0.276 e. The van der Waals surface area contributed by atoms with Gasteiger partial charge in [0.15, 0.2) is 0 Å². The molecule has 0 aliphatic heterocycles. The molecule has 0 spiro atoms. The summed E-state index contributed by atoms with van der Waals surface area (Å²) in [5, 5.41) is 10.5. The van der Waals surface area contributed by atoms with Crippen LogP contribution in [-0.4, -0.2) is 21.1 Å². The Hall–Kier alpha value is -3.02. The van der Waals surface area contributed by atoms with Gasteiger partial charge >= 0.3 is 0 Å². The molecule has 0 radical (unpaired) electrons. The van der Waals surface area contributed by atoms with E-state index in [4.69, 9.17) is 0 Å². The Morgan fingerprint density at radius 2 is 2.05 bits per heavy atom. The van der Waals surface area contributed by atoms with Crippen molar-refractivity contribution in [3.05, 3.63) is 64.8 Å². The number of nitrogens with one attached hydrogen (secondary N) is 2. The second-order valence-corrected chi connectivity index (χ2v) is 4.16. The Morgan fingerprint density at radius 3 is 2.85 bits per heavy atom. The third kappa shape index (κ3) is 2.26. The molecule has 0 atom stereocenters. The molecule has 6 nitrogen and oxygen atoms in total. The lowest BCUT2D eigenvalue weighted by Crippen LogP contribution is -2.17. The lowest BCUT2D eigenvalue weighted by Gasteiger charge is -2.07. The molecule has 0 aliphatic rings. The number of H-pyrrole nitrogens is 1. The van der Waals surface area contributed by atoms with Crippen molar-refractivity contribution < 1.29 is 4.79 Å². The topological polar surface area (TPSA) is 87.7 Å². The third-order valence-corrected chi connectivity index (χ3v) is 2.84. The standard InChI is InChI=1S/C14H10N4O2/c19-13-5-4-12(17-18-13)14(20)16-11-3-1-2-9-8-15-7-6-10(9)11/h1-8H,(H,16,20)(H,18,19). The zero-order valence-corrected chi connectivity index (χ0v) is 10.3. The van der Waals surface area contributed by atoms with Crippen LogP contribution in [0.5, 0.6) is 0 Å². The van der Waals surface area contributed by atoms with Crippen LogP contribution in [0.15, 0.2) is 53.6 Å². The highest BCUT2D eigenvalue weighted by Crippen LogP contribution is 2.22. The second kappa shape index (κ2) is 4.93. The van der Waals surface area contributed by atoms with Crippen LogP contribution in [0.4, 0.5) is 5.69 Å². The van der Waals surface area contributed by atoms with Gasteiger partial charge in [0.25, 0.3) is 11.5 Å². The number of aromatic nitrogens is 3. The Balaban J connectivity index is 1.95. The number of benzene rings is 1. The number of amides is 1. The van der Waals surface area contributed by atoms with Gasteiger partial charge in [-0.25, -0.2) is 5.10 Å². The molecule has 3 rings (SSSR count). The van der Waals surface area contributed by atoms with Crippen LogP contribution in [0.1, 0.15) is 10.5 Å². The van der Waals surface area contributed by atoms with Gasteiger partial charge in [-0.15, -0.1) is 0 Å². The van der Waals surface area contributed by atoms with Gasteiger partial charge in [-0.2, -0.15) is 5.10 Å². The van der Waals surface area contributed by atoms with Crippen LogP contribution in [0, 0.1) is 0 Å². The first-order valence-electron chi connectivity index (χ1n) is 5.94. The lowest BCUT2D eigenvalue weighted by molar-refractivity contribution is 0.102. The van der Waals surface area contributed by atoms with E-state index in [9.17, 15) is 9.59 Å². The number of rotatable bonds is 2. The average molecular weight is 266 g/mol. The molecule has 0 fully saturated rings. The van der Waals surface area contributed by atoms with Gasteiger partial charge in [0, 0.05) is 34.9 Å². The van der Waals surface area contributed by atoms with Crippen molar-refractivity contribution in [3.8, 4) is 0 Å². The van der Waals surface area contributed by atoms with Crippen molar-refractivity contribution in [1.29, 1.82) is 0 Å². The molecule has 2 aromatic heterocycles. The van der Waals surface area contributed by atoms with Crippen LogP contribution >= 0.6 is 0 Å². The normalized spacial score (nSPS) is 10.4. The molecule has 0 unspecified atom stereocenters. The Morgan fingerprint density at radius 1 is 1.15 bits per heavy atom. The summed E-state index contributed by atoms with van der Waals surface area (Å²) >= 11 is 0. The van der Waals surface area contributed by atoms with Crippen molar-refractivity contribution in [2.24, 2.45) is 0 Å². The number of fused-ring (bicyclic) bond motifs is 1. The number of carbonyl (C=O) groups excluding carboxylic acids is 1. The van der Waals surface area contributed by atoms with Gasteiger partial charge in [0.1, 0.15) is 5.69 Å². The molecule has 0 saturated heterocycles. The SMILES string of the molecule is O=C(Nc1cccc2cnccc12)c1ccc(=O)[nH]n1. The predicted octanol–water partition coefficient (Wildman–Crippen LogP) is 1.57.